The summed E-state index contributed by atoms with van der Waals surface area (Å²) in [4.78, 5) is -0.195. The van der Waals surface area contributed by atoms with Gasteiger partial charge in [0.05, 0.1) is 15.6 Å². The smallest absolute Gasteiger partial charge is 0.262 e. The van der Waals surface area contributed by atoms with Crippen molar-refractivity contribution in [3.8, 4) is 0 Å². The van der Waals surface area contributed by atoms with Crippen LogP contribution in [0.1, 0.15) is 5.56 Å². The van der Waals surface area contributed by atoms with Crippen molar-refractivity contribution in [2.75, 3.05) is 4.72 Å². The van der Waals surface area contributed by atoms with Gasteiger partial charge in [-0.2, -0.15) is 0 Å². The number of hydrogen-bond acceptors (Lipinski definition) is 3. The summed E-state index contributed by atoms with van der Waals surface area (Å²) in [6.07, 6.45) is 0. The molecule has 0 unspecified atom stereocenters. The maximum absolute atomic E-state index is 13.3. The fourth-order valence-electron chi connectivity index (χ4n) is 1.69. The summed E-state index contributed by atoms with van der Waals surface area (Å²) in [7, 11) is -3.96. The Morgan fingerprint density at radius 1 is 1.20 bits per heavy atom. The van der Waals surface area contributed by atoms with Gasteiger partial charge in [0.25, 0.3) is 10.0 Å². The Balaban J connectivity index is 2.46. The number of hydrogen-bond donors (Lipinski definition) is 2. The number of nitrogens with one attached hydrogen (secondary N) is 1. The van der Waals surface area contributed by atoms with E-state index in [1.54, 1.807) is 18.2 Å². The third-order valence-electron chi connectivity index (χ3n) is 2.66. The van der Waals surface area contributed by atoms with E-state index in [1.807, 2.05) is 0 Å². The lowest BCUT2D eigenvalue weighted by Crippen LogP contribution is -2.16. The molecular weight excluding hydrogens is 303 g/mol. The number of sulfonamides is 1. The molecule has 0 aromatic heterocycles. The minimum Gasteiger partial charge on any atom is -0.326 e. The van der Waals surface area contributed by atoms with Gasteiger partial charge in [-0.05, 0) is 29.8 Å². The highest BCUT2D eigenvalue weighted by molar-refractivity contribution is 7.92. The average Bonchev–Trinajstić information content (AvgIpc) is 2.41. The zero-order valence-corrected chi connectivity index (χ0v) is 11.9. The normalized spacial score (nSPS) is 11.3. The van der Waals surface area contributed by atoms with Crippen molar-refractivity contribution in [3.63, 3.8) is 0 Å². The summed E-state index contributed by atoms with van der Waals surface area (Å²) in [6, 6.07) is 9.82. The number of nitrogens with two attached hydrogens (primary N) is 1. The Labute approximate surface area is 121 Å². The van der Waals surface area contributed by atoms with Crippen LogP contribution in [0, 0.1) is 5.82 Å². The van der Waals surface area contributed by atoms with Crippen molar-refractivity contribution < 1.29 is 12.8 Å². The Bertz CT molecular complexity index is 735. The van der Waals surface area contributed by atoms with Gasteiger partial charge in [0.1, 0.15) is 5.82 Å². The summed E-state index contributed by atoms with van der Waals surface area (Å²) in [6.45, 7) is -0.0148. The van der Waals surface area contributed by atoms with Gasteiger partial charge in [0.2, 0.25) is 0 Å². The molecular formula is C13H12ClFN2O2S. The van der Waals surface area contributed by atoms with Crippen molar-refractivity contribution in [2.24, 2.45) is 5.73 Å². The van der Waals surface area contributed by atoms with Gasteiger partial charge >= 0.3 is 0 Å². The Hall–Kier alpha value is -1.63. The lowest BCUT2D eigenvalue weighted by molar-refractivity contribution is 0.593. The van der Waals surface area contributed by atoms with Crippen LogP contribution in [0.15, 0.2) is 47.4 Å². The highest BCUT2D eigenvalue weighted by Crippen LogP contribution is 2.25. The maximum Gasteiger partial charge on any atom is 0.262 e. The van der Waals surface area contributed by atoms with Crippen LogP contribution in [-0.4, -0.2) is 8.42 Å². The molecule has 0 atom stereocenters. The standard InChI is InChI=1S/C13H12ClFN2O2S/c14-11-3-1-2-4-12(11)17-20(18,19)13-7-10(15)6-5-9(13)8-16/h1-7,17H,8,16H2. The number of rotatable bonds is 4. The van der Waals surface area contributed by atoms with E-state index in [0.717, 1.165) is 12.1 Å². The first-order valence-corrected chi connectivity index (χ1v) is 7.56. The molecule has 0 amide bonds. The number of halogens is 2. The van der Waals surface area contributed by atoms with Gasteiger partial charge in [-0.25, -0.2) is 12.8 Å². The second kappa shape index (κ2) is 5.78. The van der Waals surface area contributed by atoms with E-state index in [4.69, 9.17) is 17.3 Å². The van der Waals surface area contributed by atoms with Gasteiger partial charge in [0, 0.05) is 6.54 Å². The molecule has 0 heterocycles. The number of benzene rings is 2. The first-order valence-electron chi connectivity index (χ1n) is 5.70. The van der Waals surface area contributed by atoms with E-state index in [1.165, 1.54) is 12.1 Å². The third kappa shape index (κ3) is 3.09. The van der Waals surface area contributed by atoms with E-state index in [2.05, 4.69) is 4.72 Å². The zero-order valence-electron chi connectivity index (χ0n) is 10.3. The van der Waals surface area contributed by atoms with Crippen LogP contribution in [0.3, 0.4) is 0 Å². The van der Waals surface area contributed by atoms with Gasteiger partial charge in [0.15, 0.2) is 0 Å². The molecule has 4 nitrogen and oxygen atoms in total. The summed E-state index contributed by atoms with van der Waals surface area (Å²) < 4.78 is 40.2. The molecule has 0 fully saturated rings. The molecule has 0 radical (unpaired) electrons. The van der Waals surface area contributed by atoms with Crippen LogP contribution in [0.5, 0.6) is 0 Å². The first kappa shape index (κ1) is 14.8. The quantitative estimate of drug-likeness (QED) is 0.911. The lowest BCUT2D eigenvalue weighted by Gasteiger charge is -2.12. The summed E-state index contributed by atoms with van der Waals surface area (Å²) in [5, 5.41) is 0.252. The second-order valence-electron chi connectivity index (χ2n) is 4.04. The van der Waals surface area contributed by atoms with Crippen LogP contribution < -0.4 is 10.5 Å². The van der Waals surface area contributed by atoms with Crippen molar-refractivity contribution in [1.29, 1.82) is 0 Å². The van der Waals surface area contributed by atoms with Gasteiger partial charge < -0.3 is 5.73 Å². The Morgan fingerprint density at radius 3 is 2.55 bits per heavy atom. The Morgan fingerprint density at radius 2 is 1.90 bits per heavy atom. The summed E-state index contributed by atoms with van der Waals surface area (Å²) in [5.74, 6) is -0.651. The average molecular weight is 315 g/mol. The molecule has 2 aromatic carbocycles. The van der Waals surface area contributed by atoms with E-state index in [-0.39, 0.29) is 22.2 Å². The first-order chi connectivity index (χ1) is 9.44. The molecule has 20 heavy (non-hydrogen) atoms. The van der Waals surface area contributed by atoms with Gasteiger partial charge in [-0.15, -0.1) is 0 Å². The molecule has 0 aliphatic carbocycles. The largest absolute Gasteiger partial charge is 0.326 e. The number of para-hydroxylation sites is 1. The van der Waals surface area contributed by atoms with Crippen molar-refractivity contribution in [3.05, 3.63) is 58.9 Å². The lowest BCUT2D eigenvalue weighted by atomic mass is 10.2. The molecule has 106 valence electrons. The topological polar surface area (TPSA) is 72.2 Å². The fourth-order valence-corrected chi connectivity index (χ4v) is 3.27. The number of anilines is 1. The van der Waals surface area contributed by atoms with Crippen LogP contribution in [0.2, 0.25) is 5.02 Å². The van der Waals surface area contributed by atoms with E-state index < -0.39 is 15.8 Å². The predicted octanol–water partition coefficient (Wildman–Crippen LogP) is 2.74. The Kier molecular flexibility index (Phi) is 4.27. The van der Waals surface area contributed by atoms with E-state index in [9.17, 15) is 12.8 Å². The fraction of sp³-hybridized carbons (Fsp3) is 0.0769. The van der Waals surface area contributed by atoms with E-state index in [0.29, 0.717) is 5.56 Å². The molecule has 0 bridgehead atoms. The highest BCUT2D eigenvalue weighted by atomic mass is 35.5. The second-order valence-corrected chi connectivity index (χ2v) is 6.10. The minimum absolute atomic E-state index is 0.0148. The summed E-state index contributed by atoms with van der Waals surface area (Å²) >= 11 is 5.90. The monoisotopic (exact) mass is 314 g/mol. The molecule has 0 aliphatic rings. The van der Waals surface area contributed by atoms with E-state index >= 15 is 0 Å². The predicted molar refractivity (Wildman–Crippen MR) is 76.6 cm³/mol. The van der Waals surface area contributed by atoms with Crippen LogP contribution in [0.25, 0.3) is 0 Å². The SMILES string of the molecule is NCc1ccc(F)cc1S(=O)(=O)Nc1ccccc1Cl. The minimum atomic E-state index is -3.96. The van der Waals surface area contributed by atoms with Crippen molar-refractivity contribution >= 4 is 27.3 Å². The zero-order chi connectivity index (χ0) is 14.8. The molecule has 2 rings (SSSR count). The molecule has 0 saturated carbocycles. The van der Waals surface area contributed by atoms with Crippen LogP contribution in [-0.2, 0) is 16.6 Å². The van der Waals surface area contributed by atoms with Crippen molar-refractivity contribution in [1.82, 2.24) is 0 Å². The summed E-state index contributed by atoms with van der Waals surface area (Å²) in [5.41, 5.74) is 6.03. The molecule has 0 saturated heterocycles. The molecule has 0 aliphatic heterocycles. The van der Waals surface area contributed by atoms with Gasteiger partial charge in [-0.3, -0.25) is 4.72 Å². The van der Waals surface area contributed by atoms with Gasteiger partial charge in [-0.1, -0.05) is 29.8 Å². The van der Waals surface area contributed by atoms with Crippen molar-refractivity contribution in [2.45, 2.75) is 11.4 Å². The molecule has 7 heteroatoms. The molecule has 3 N–H and O–H groups in total. The molecule has 0 spiro atoms. The third-order valence-corrected chi connectivity index (χ3v) is 4.43. The van der Waals surface area contributed by atoms with Crippen LogP contribution in [0.4, 0.5) is 10.1 Å². The maximum atomic E-state index is 13.3. The van der Waals surface area contributed by atoms with Crippen LogP contribution >= 0.6 is 11.6 Å². The highest BCUT2D eigenvalue weighted by Gasteiger charge is 2.19. The molecule has 2 aromatic rings.